The van der Waals surface area contributed by atoms with E-state index in [1.165, 1.54) is 22.4 Å². The summed E-state index contributed by atoms with van der Waals surface area (Å²) < 4.78 is 0. The highest BCUT2D eigenvalue weighted by molar-refractivity contribution is 6.30. The van der Waals surface area contributed by atoms with Crippen molar-refractivity contribution >= 4 is 23.0 Å². The zero-order valence-corrected chi connectivity index (χ0v) is 14.0. The van der Waals surface area contributed by atoms with E-state index in [-0.39, 0.29) is 0 Å². The predicted octanol–water partition coefficient (Wildman–Crippen LogP) is 4.83. The van der Waals surface area contributed by atoms with Gasteiger partial charge in [-0.2, -0.15) is 0 Å². The molecule has 3 heteroatoms. The van der Waals surface area contributed by atoms with E-state index in [4.69, 9.17) is 11.6 Å². The molecule has 0 aliphatic heterocycles. The normalized spacial score (nSPS) is 10.7. The summed E-state index contributed by atoms with van der Waals surface area (Å²) in [4.78, 5) is 2.22. The van der Waals surface area contributed by atoms with Crippen LogP contribution in [0.2, 0.25) is 5.02 Å². The molecule has 2 aromatic rings. The second kappa shape index (κ2) is 6.97. The fraction of sp³-hybridized carbons (Fsp3) is 0.333. The Hall–Kier alpha value is -1.51. The summed E-state index contributed by atoms with van der Waals surface area (Å²) in [6.07, 6.45) is 0. The number of halogens is 1. The van der Waals surface area contributed by atoms with Crippen molar-refractivity contribution < 1.29 is 0 Å². The van der Waals surface area contributed by atoms with Gasteiger partial charge in [-0.05, 0) is 49.7 Å². The van der Waals surface area contributed by atoms with Crippen molar-refractivity contribution in [3.8, 4) is 0 Å². The SMILES string of the molecule is CCNCc1ccc(Cl)cc1N(C)c1ccc(C)cc1C. The number of hydrogen-bond donors (Lipinski definition) is 1. The molecule has 0 aliphatic carbocycles. The molecule has 1 N–H and O–H groups in total. The number of rotatable bonds is 5. The standard InChI is InChI=1S/C18H23ClN2/c1-5-20-12-15-7-8-16(19)11-18(15)21(4)17-9-6-13(2)10-14(17)3/h6-11,20H,5,12H2,1-4H3. The van der Waals surface area contributed by atoms with E-state index < -0.39 is 0 Å². The monoisotopic (exact) mass is 302 g/mol. The summed E-state index contributed by atoms with van der Waals surface area (Å²) in [5, 5.41) is 4.15. The molecule has 0 aromatic heterocycles. The van der Waals surface area contributed by atoms with Crippen LogP contribution in [0.15, 0.2) is 36.4 Å². The van der Waals surface area contributed by atoms with Crippen LogP contribution in [0.1, 0.15) is 23.6 Å². The van der Waals surface area contributed by atoms with Crippen LogP contribution in [0, 0.1) is 13.8 Å². The van der Waals surface area contributed by atoms with Gasteiger partial charge in [0.2, 0.25) is 0 Å². The number of aryl methyl sites for hydroxylation is 2. The molecule has 0 atom stereocenters. The Labute approximate surface area is 132 Å². The Balaban J connectivity index is 2.41. The number of nitrogens with zero attached hydrogens (tertiary/aromatic N) is 1. The van der Waals surface area contributed by atoms with Crippen LogP contribution in [0.4, 0.5) is 11.4 Å². The lowest BCUT2D eigenvalue weighted by Crippen LogP contribution is -2.17. The van der Waals surface area contributed by atoms with E-state index in [2.05, 4.69) is 62.3 Å². The fourth-order valence-electron chi connectivity index (χ4n) is 2.57. The van der Waals surface area contributed by atoms with Crippen molar-refractivity contribution in [2.45, 2.75) is 27.3 Å². The molecule has 0 aliphatic rings. The average Bonchev–Trinajstić information content (AvgIpc) is 2.45. The van der Waals surface area contributed by atoms with Crippen LogP contribution in [-0.4, -0.2) is 13.6 Å². The lowest BCUT2D eigenvalue weighted by Gasteiger charge is -2.25. The van der Waals surface area contributed by atoms with Crippen molar-refractivity contribution in [1.29, 1.82) is 0 Å². The first-order valence-electron chi connectivity index (χ1n) is 7.33. The number of benzene rings is 2. The molecule has 2 aromatic carbocycles. The maximum absolute atomic E-state index is 6.20. The van der Waals surface area contributed by atoms with E-state index in [0.717, 1.165) is 23.8 Å². The van der Waals surface area contributed by atoms with Gasteiger partial charge in [-0.25, -0.2) is 0 Å². The Kier molecular flexibility index (Phi) is 5.27. The molecule has 2 nitrogen and oxygen atoms in total. The largest absolute Gasteiger partial charge is 0.344 e. The van der Waals surface area contributed by atoms with Crippen LogP contribution in [0.25, 0.3) is 0 Å². The van der Waals surface area contributed by atoms with Crippen LogP contribution in [-0.2, 0) is 6.54 Å². The molecule has 0 fully saturated rings. The van der Waals surface area contributed by atoms with Crippen molar-refractivity contribution in [3.05, 3.63) is 58.1 Å². The highest BCUT2D eigenvalue weighted by Crippen LogP contribution is 2.32. The molecule has 0 spiro atoms. The fourth-order valence-corrected chi connectivity index (χ4v) is 2.74. The third-order valence-electron chi connectivity index (χ3n) is 3.69. The van der Waals surface area contributed by atoms with Crippen molar-refractivity contribution in [1.82, 2.24) is 5.32 Å². The smallest absolute Gasteiger partial charge is 0.0468 e. The zero-order chi connectivity index (χ0) is 15.4. The molecule has 0 unspecified atom stereocenters. The van der Waals surface area contributed by atoms with E-state index in [9.17, 15) is 0 Å². The molecule has 0 amide bonds. The van der Waals surface area contributed by atoms with Crippen LogP contribution in [0.3, 0.4) is 0 Å². The van der Waals surface area contributed by atoms with Crippen molar-refractivity contribution in [2.75, 3.05) is 18.5 Å². The van der Waals surface area contributed by atoms with Crippen LogP contribution in [0.5, 0.6) is 0 Å². The minimum Gasteiger partial charge on any atom is -0.344 e. The maximum Gasteiger partial charge on any atom is 0.0468 e. The Morgan fingerprint density at radius 2 is 1.81 bits per heavy atom. The minimum absolute atomic E-state index is 0.766. The summed E-state index contributed by atoms with van der Waals surface area (Å²) in [6, 6.07) is 12.6. The first-order valence-corrected chi connectivity index (χ1v) is 7.71. The maximum atomic E-state index is 6.20. The van der Waals surface area contributed by atoms with E-state index in [0.29, 0.717) is 0 Å². The number of anilines is 2. The van der Waals surface area contributed by atoms with Crippen molar-refractivity contribution in [2.24, 2.45) is 0 Å². The van der Waals surface area contributed by atoms with Gasteiger partial charge >= 0.3 is 0 Å². The molecular weight excluding hydrogens is 280 g/mol. The van der Waals surface area contributed by atoms with Gasteiger partial charge in [0.05, 0.1) is 0 Å². The van der Waals surface area contributed by atoms with E-state index in [1.807, 2.05) is 12.1 Å². The summed E-state index contributed by atoms with van der Waals surface area (Å²) >= 11 is 6.20. The first-order chi connectivity index (χ1) is 10.0. The first kappa shape index (κ1) is 15.9. The molecule has 112 valence electrons. The summed E-state index contributed by atoms with van der Waals surface area (Å²) in [5.41, 5.74) is 6.16. The molecular formula is C18H23ClN2. The van der Waals surface area contributed by atoms with Gasteiger partial charge in [0.1, 0.15) is 0 Å². The molecule has 0 saturated heterocycles. The van der Waals surface area contributed by atoms with Crippen LogP contribution >= 0.6 is 11.6 Å². The summed E-state index contributed by atoms with van der Waals surface area (Å²) in [6.45, 7) is 8.18. The topological polar surface area (TPSA) is 15.3 Å². The summed E-state index contributed by atoms with van der Waals surface area (Å²) in [5.74, 6) is 0. The van der Waals surface area contributed by atoms with Gasteiger partial charge in [0.15, 0.2) is 0 Å². The molecule has 0 radical (unpaired) electrons. The summed E-state index contributed by atoms with van der Waals surface area (Å²) in [7, 11) is 2.10. The number of nitrogens with one attached hydrogen (secondary N) is 1. The number of hydrogen-bond acceptors (Lipinski definition) is 2. The zero-order valence-electron chi connectivity index (χ0n) is 13.2. The van der Waals surface area contributed by atoms with Gasteiger partial charge in [-0.1, -0.05) is 42.3 Å². The van der Waals surface area contributed by atoms with E-state index >= 15 is 0 Å². The van der Waals surface area contributed by atoms with Gasteiger partial charge in [0, 0.05) is 30.0 Å². The highest BCUT2D eigenvalue weighted by Gasteiger charge is 2.12. The third-order valence-corrected chi connectivity index (χ3v) is 3.92. The van der Waals surface area contributed by atoms with E-state index in [1.54, 1.807) is 0 Å². The molecule has 0 bridgehead atoms. The lowest BCUT2D eigenvalue weighted by molar-refractivity contribution is 0.726. The quantitative estimate of drug-likeness (QED) is 0.850. The highest BCUT2D eigenvalue weighted by atomic mass is 35.5. The average molecular weight is 303 g/mol. The minimum atomic E-state index is 0.766. The molecule has 0 saturated carbocycles. The van der Waals surface area contributed by atoms with Crippen molar-refractivity contribution in [3.63, 3.8) is 0 Å². The van der Waals surface area contributed by atoms with Gasteiger partial charge < -0.3 is 10.2 Å². The molecule has 21 heavy (non-hydrogen) atoms. The van der Waals surface area contributed by atoms with Gasteiger partial charge in [0.25, 0.3) is 0 Å². The Morgan fingerprint density at radius 1 is 1.05 bits per heavy atom. The molecule has 2 rings (SSSR count). The van der Waals surface area contributed by atoms with Crippen LogP contribution < -0.4 is 10.2 Å². The molecule has 0 heterocycles. The second-order valence-corrected chi connectivity index (χ2v) is 5.84. The Morgan fingerprint density at radius 3 is 2.48 bits per heavy atom. The Bertz CT molecular complexity index is 623. The van der Waals surface area contributed by atoms with Gasteiger partial charge in [-0.3, -0.25) is 0 Å². The second-order valence-electron chi connectivity index (χ2n) is 5.40. The third kappa shape index (κ3) is 3.78. The predicted molar refractivity (Wildman–Crippen MR) is 92.8 cm³/mol. The van der Waals surface area contributed by atoms with Gasteiger partial charge in [-0.15, -0.1) is 0 Å². The lowest BCUT2D eigenvalue weighted by atomic mass is 10.1.